The molecule has 0 aliphatic rings. The highest BCUT2D eigenvalue weighted by Gasteiger charge is 2.05. The molecule has 0 radical (unpaired) electrons. The van der Waals surface area contributed by atoms with E-state index in [0.717, 1.165) is 0 Å². The number of aliphatic hydroxyl groups excluding tert-OH is 1. The van der Waals surface area contributed by atoms with Gasteiger partial charge in [0.05, 0.1) is 16.1 Å². The summed E-state index contributed by atoms with van der Waals surface area (Å²) < 4.78 is 7.39. The lowest BCUT2D eigenvalue weighted by Crippen LogP contribution is -2.15. The molecule has 0 aliphatic carbocycles. The summed E-state index contributed by atoms with van der Waals surface area (Å²) >= 11 is 0. The van der Waals surface area contributed by atoms with Crippen LogP contribution in [0.1, 0.15) is 1.37 Å². The smallest absolute Gasteiger partial charge is 0.0683 e. The van der Waals surface area contributed by atoms with Crippen LogP contribution in [0.3, 0.4) is 0 Å². The van der Waals surface area contributed by atoms with Crippen LogP contribution in [-0.4, -0.2) is 19.8 Å². The molecule has 0 bridgehead atoms. The third kappa shape index (κ3) is 5.92. The van der Waals surface area contributed by atoms with Gasteiger partial charge in [-0.15, -0.1) is 0 Å². The summed E-state index contributed by atoms with van der Waals surface area (Å²) in [5.41, 5.74) is 0.630. The van der Waals surface area contributed by atoms with Gasteiger partial charge in [0, 0.05) is 0 Å². The lowest BCUT2D eigenvalue weighted by molar-refractivity contribution is 0.343. The standard InChI is InChI=1S/C6H14OSi/c1-8(2,3)6-4-5-7/h4,6-7H,5H2,1-3H3/b6-4+/i6D. The van der Waals surface area contributed by atoms with E-state index in [-0.39, 0.29) is 6.61 Å². The topological polar surface area (TPSA) is 20.2 Å². The Morgan fingerprint density at radius 1 is 1.62 bits per heavy atom. The van der Waals surface area contributed by atoms with Crippen LogP contribution in [0.25, 0.3) is 0 Å². The third-order valence-corrected chi connectivity index (χ3v) is 1.70. The molecule has 0 spiro atoms. The van der Waals surface area contributed by atoms with Crippen molar-refractivity contribution in [2.45, 2.75) is 19.6 Å². The van der Waals surface area contributed by atoms with Gasteiger partial charge in [-0.3, -0.25) is 0 Å². The third-order valence-electron chi connectivity index (χ3n) is 0.626. The van der Waals surface area contributed by atoms with Crippen molar-refractivity contribution in [2.75, 3.05) is 6.61 Å². The normalized spacial score (nSPS) is 16.0. The fourth-order valence-electron chi connectivity index (χ4n) is 0.352. The molecule has 0 aliphatic heterocycles. The fourth-order valence-corrected chi connectivity index (χ4v) is 1.06. The number of rotatable bonds is 2. The molecule has 0 aromatic rings. The molecule has 1 N–H and O–H groups in total. The second-order valence-corrected chi connectivity index (χ2v) is 7.57. The van der Waals surface area contributed by atoms with Crippen molar-refractivity contribution in [3.8, 4) is 0 Å². The van der Waals surface area contributed by atoms with Gasteiger partial charge in [-0.1, -0.05) is 31.4 Å². The Kier molecular flexibility index (Phi) is 2.30. The van der Waals surface area contributed by atoms with Crippen LogP contribution in [0.2, 0.25) is 19.6 Å². The number of hydrogen-bond donors (Lipinski definition) is 1. The Bertz CT molecular complexity index is 115. The minimum absolute atomic E-state index is 0.00308. The van der Waals surface area contributed by atoms with Crippen molar-refractivity contribution < 1.29 is 6.48 Å². The molecule has 0 fully saturated rings. The molecule has 48 valence electrons. The summed E-state index contributed by atoms with van der Waals surface area (Å²) in [6, 6.07) is 0. The molecule has 0 saturated carbocycles. The molecule has 0 saturated heterocycles. The minimum atomic E-state index is -1.41. The highest BCUT2D eigenvalue weighted by molar-refractivity contribution is 6.80. The molecule has 0 aromatic heterocycles. The van der Waals surface area contributed by atoms with Gasteiger partial charge in [0.2, 0.25) is 0 Å². The first-order valence-electron chi connectivity index (χ1n) is 3.26. The number of hydrogen-bond acceptors (Lipinski definition) is 1. The second-order valence-electron chi connectivity index (χ2n) is 2.78. The molecule has 0 rings (SSSR count). The molecule has 0 aromatic carbocycles. The van der Waals surface area contributed by atoms with E-state index in [1.165, 1.54) is 0 Å². The van der Waals surface area contributed by atoms with Gasteiger partial charge in [-0.25, -0.2) is 0 Å². The van der Waals surface area contributed by atoms with Crippen molar-refractivity contribution in [1.82, 2.24) is 0 Å². The van der Waals surface area contributed by atoms with Crippen LogP contribution >= 0.6 is 0 Å². The molecule has 0 unspecified atom stereocenters. The number of aliphatic hydroxyl groups is 1. The maximum Gasteiger partial charge on any atom is 0.0683 e. The molecule has 0 amide bonds. The van der Waals surface area contributed by atoms with E-state index in [2.05, 4.69) is 19.6 Å². The highest BCUT2D eigenvalue weighted by atomic mass is 28.3. The summed E-state index contributed by atoms with van der Waals surface area (Å²) in [5, 5.41) is 8.43. The van der Waals surface area contributed by atoms with Gasteiger partial charge in [-0.2, -0.15) is 0 Å². The SMILES string of the molecule is [2H]/C(=C\CO)[Si](C)(C)C. The van der Waals surface area contributed by atoms with E-state index in [0.29, 0.717) is 5.68 Å². The average Bonchev–Trinajstić information content (AvgIpc) is 1.64. The molecule has 0 heterocycles. The summed E-state index contributed by atoms with van der Waals surface area (Å²) in [5.74, 6) is 0. The Labute approximate surface area is 53.5 Å². The summed E-state index contributed by atoms with van der Waals surface area (Å²) in [7, 11) is -1.41. The maximum atomic E-state index is 8.43. The predicted octanol–water partition coefficient (Wildman–Crippen LogP) is 1.41. The first kappa shape index (κ1) is 6.04. The monoisotopic (exact) mass is 131 g/mol. The van der Waals surface area contributed by atoms with E-state index in [1.807, 2.05) is 0 Å². The van der Waals surface area contributed by atoms with Gasteiger partial charge in [0.25, 0.3) is 0 Å². The van der Waals surface area contributed by atoms with E-state index in [9.17, 15) is 0 Å². The van der Waals surface area contributed by atoms with E-state index in [4.69, 9.17) is 6.48 Å². The van der Waals surface area contributed by atoms with Crippen LogP contribution in [0.4, 0.5) is 0 Å². The van der Waals surface area contributed by atoms with Gasteiger partial charge < -0.3 is 5.11 Å². The fraction of sp³-hybridized carbons (Fsp3) is 0.667. The lowest BCUT2D eigenvalue weighted by Gasteiger charge is -2.06. The Morgan fingerprint density at radius 2 is 2.12 bits per heavy atom. The van der Waals surface area contributed by atoms with Gasteiger partial charge >= 0.3 is 0 Å². The summed E-state index contributed by atoms with van der Waals surface area (Å²) in [6.45, 7) is 6.26. The lowest BCUT2D eigenvalue weighted by atomic mass is 10.7. The minimum Gasteiger partial charge on any atom is -0.392 e. The zero-order valence-corrected chi connectivity index (χ0v) is 6.73. The predicted molar refractivity (Wildman–Crippen MR) is 39.6 cm³/mol. The Morgan fingerprint density at radius 3 is 2.25 bits per heavy atom. The summed E-state index contributed by atoms with van der Waals surface area (Å²) in [4.78, 5) is 0. The highest BCUT2D eigenvalue weighted by Crippen LogP contribution is 2.00. The van der Waals surface area contributed by atoms with Crippen LogP contribution in [0, 0.1) is 0 Å². The largest absolute Gasteiger partial charge is 0.392 e. The molecular weight excluding hydrogens is 116 g/mol. The first-order valence-corrected chi connectivity index (χ1v) is 6.26. The first-order chi connectivity index (χ1) is 3.98. The van der Waals surface area contributed by atoms with Crippen molar-refractivity contribution in [3.05, 3.63) is 11.8 Å². The van der Waals surface area contributed by atoms with E-state index in [1.54, 1.807) is 6.08 Å². The van der Waals surface area contributed by atoms with E-state index >= 15 is 0 Å². The van der Waals surface area contributed by atoms with Gasteiger partial charge in [0.1, 0.15) is 0 Å². The molecule has 1 nitrogen and oxygen atoms in total. The van der Waals surface area contributed by atoms with Crippen LogP contribution in [-0.2, 0) is 0 Å². The quantitative estimate of drug-likeness (QED) is 0.562. The molecule has 8 heavy (non-hydrogen) atoms. The van der Waals surface area contributed by atoms with Gasteiger partial charge in [0.15, 0.2) is 0 Å². The Balaban J connectivity index is 4.03. The van der Waals surface area contributed by atoms with Crippen molar-refractivity contribution in [1.29, 1.82) is 0 Å². The Hall–Kier alpha value is -0.0831. The van der Waals surface area contributed by atoms with Crippen LogP contribution in [0.5, 0.6) is 0 Å². The second kappa shape index (κ2) is 3.05. The van der Waals surface area contributed by atoms with E-state index < -0.39 is 8.07 Å². The molecule has 2 heteroatoms. The zero-order valence-electron chi connectivity index (χ0n) is 6.73. The van der Waals surface area contributed by atoms with Gasteiger partial charge in [-0.05, 0) is 0 Å². The van der Waals surface area contributed by atoms with Crippen molar-refractivity contribution in [3.63, 3.8) is 0 Å². The summed E-state index contributed by atoms with van der Waals surface area (Å²) in [6.07, 6.45) is 1.58. The van der Waals surface area contributed by atoms with Crippen molar-refractivity contribution >= 4 is 8.07 Å². The average molecular weight is 131 g/mol. The maximum absolute atomic E-state index is 8.43. The van der Waals surface area contributed by atoms with Crippen LogP contribution in [0.15, 0.2) is 11.8 Å². The van der Waals surface area contributed by atoms with Crippen LogP contribution < -0.4 is 0 Å². The molecular formula is C6H14OSi. The van der Waals surface area contributed by atoms with Crippen molar-refractivity contribution in [2.24, 2.45) is 0 Å². The molecule has 0 atom stereocenters. The zero-order chi connectivity index (χ0) is 7.49.